The molecule has 0 radical (unpaired) electrons. The van der Waals surface area contributed by atoms with Crippen molar-refractivity contribution in [3.05, 3.63) is 35.4 Å². The zero-order valence-electron chi connectivity index (χ0n) is 24.7. The van der Waals surface area contributed by atoms with Crippen LogP contribution in [0.25, 0.3) is 0 Å². The lowest BCUT2D eigenvalue weighted by molar-refractivity contribution is -0.147. The molecule has 3 unspecified atom stereocenters. The van der Waals surface area contributed by atoms with E-state index >= 15 is 0 Å². The summed E-state index contributed by atoms with van der Waals surface area (Å²) in [4.78, 5) is 66.4. The molecule has 0 bridgehead atoms. The molecule has 9 nitrogen and oxygen atoms in total. The molecule has 222 valence electrons. The van der Waals surface area contributed by atoms with E-state index in [1.54, 1.807) is 6.92 Å². The molecule has 0 saturated heterocycles. The highest BCUT2D eigenvalue weighted by Crippen LogP contribution is 2.68. The van der Waals surface area contributed by atoms with Gasteiger partial charge in [0, 0.05) is 23.4 Å². The lowest BCUT2D eigenvalue weighted by atomic mass is 9.55. The highest BCUT2D eigenvalue weighted by Gasteiger charge is 2.70. The van der Waals surface area contributed by atoms with Crippen LogP contribution in [0.2, 0.25) is 0 Å². The van der Waals surface area contributed by atoms with E-state index in [-0.39, 0.29) is 30.3 Å². The maximum Gasteiger partial charge on any atom is 0.315 e. The maximum atomic E-state index is 14.2. The minimum absolute atomic E-state index is 0.0367. The molecule has 4 aliphatic rings. The number of hydrogen-bond donors (Lipinski definition) is 4. The molecule has 0 aliphatic heterocycles. The van der Waals surface area contributed by atoms with Crippen molar-refractivity contribution in [3.8, 4) is 0 Å². The molecule has 3 fully saturated rings. The summed E-state index contributed by atoms with van der Waals surface area (Å²) in [5, 5.41) is 11.5. The molecule has 0 aromatic heterocycles. The van der Waals surface area contributed by atoms with Gasteiger partial charge in [0.1, 0.15) is 0 Å². The van der Waals surface area contributed by atoms with E-state index in [0.29, 0.717) is 6.42 Å². The van der Waals surface area contributed by atoms with Crippen LogP contribution in [0.4, 0.5) is 4.79 Å². The van der Waals surface area contributed by atoms with E-state index < -0.39 is 52.3 Å². The first-order chi connectivity index (χ1) is 19.5. The number of hydrogen-bond acceptors (Lipinski definition) is 5. The number of benzene rings is 1. The van der Waals surface area contributed by atoms with Gasteiger partial charge in [-0.15, -0.1) is 0 Å². The van der Waals surface area contributed by atoms with Crippen LogP contribution < -0.4 is 21.3 Å². The van der Waals surface area contributed by atoms with Crippen molar-refractivity contribution in [2.24, 2.45) is 17.3 Å². The summed E-state index contributed by atoms with van der Waals surface area (Å²) in [6.07, 6.45) is 7.67. The van der Waals surface area contributed by atoms with Crippen LogP contribution in [0.15, 0.2) is 24.3 Å². The highest BCUT2D eigenvalue weighted by atomic mass is 16.2. The predicted molar refractivity (Wildman–Crippen MR) is 154 cm³/mol. The Morgan fingerprint density at radius 3 is 2.05 bits per heavy atom. The number of amides is 4. The van der Waals surface area contributed by atoms with E-state index in [2.05, 4.69) is 21.3 Å². The Morgan fingerprint density at radius 2 is 1.49 bits per heavy atom. The van der Waals surface area contributed by atoms with Gasteiger partial charge in [-0.05, 0) is 55.1 Å². The summed E-state index contributed by atoms with van der Waals surface area (Å²) in [6, 6.07) is 5.85. The van der Waals surface area contributed by atoms with E-state index in [4.69, 9.17) is 0 Å². The minimum atomic E-state index is -0.964. The fourth-order valence-electron chi connectivity index (χ4n) is 6.95. The summed E-state index contributed by atoms with van der Waals surface area (Å²) >= 11 is 0. The number of fused-ring (bicyclic) bond motifs is 3. The van der Waals surface area contributed by atoms with Gasteiger partial charge in [-0.1, -0.05) is 71.2 Å². The summed E-state index contributed by atoms with van der Waals surface area (Å²) in [5.74, 6) is -3.25. The van der Waals surface area contributed by atoms with Crippen LogP contribution in [0, 0.1) is 17.3 Å². The highest BCUT2D eigenvalue weighted by molar-refractivity contribution is 6.38. The van der Waals surface area contributed by atoms with Crippen molar-refractivity contribution in [3.63, 3.8) is 0 Å². The van der Waals surface area contributed by atoms with Gasteiger partial charge in [0.25, 0.3) is 5.91 Å². The Morgan fingerprint density at radius 1 is 0.878 bits per heavy atom. The van der Waals surface area contributed by atoms with Crippen molar-refractivity contribution in [1.82, 2.24) is 21.3 Å². The van der Waals surface area contributed by atoms with Gasteiger partial charge in [-0.2, -0.15) is 0 Å². The van der Waals surface area contributed by atoms with Gasteiger partial charge in [-0.3, -0.25) is 19.2 Å². The zero-order chi connectivity index (χ0) is 29.5. The fourth-order valence-corrected chi connectivity index (χ4v) is 6.95. The number of carbonyl (C=O) groups excluding carboxylic acids is 5. The smallest absolute Gasteiger partial charge is 0.315 e. The average molecular weight is 565 g/mol. The molecule has 4 atom stereocenters. The summed E-state index contributed by atoms with van der Waals surface area (Å²) in [7, 11) is 0. The van der Waals surface area contributed by atoms with Crippen LogP contribution in [0.3, 0.4) is 0 Å². The Labute approximate surface area is 242 Å². The molecule has 1 aromatic carbocycles. The van der Waals surface area contributed by atoms with E-state index in [9.17, 15) is 24.0 Å². The van der Waals surface area contributed by atoms with Gasteiger partial charge in [-0.25, -0.2) is 4.79 Å². The Bertz CT molecular complexity index is 1200. The number of carbonyl (C=O) groups is 5. The largest absolute Gasteiger partial charge is 0.347 e. The number of urea groups is 1. The number of rotatable bonds is 10. The molecule has 4 N–H and O–H groups in total. The van der Waals surface area contributed by atoms with Crippen LogP contribution in [0.1, 0.15) is 96.6 Å². The lowest BCUT2D eigenvalue weighted by Gasteiger charge is -2.47. The van der Waals surface area contributed by atoms with Crippen molar-refractivity contribution in [2.75, 3.05) is 0 Å². The summed E-state index contributed by atoms with van der Waals surface area (Å²) in [6.45, 7) is 7.49. The monoisotopic (exact) mass is 564 g/mol. The van der Waals surface area contributed by atoms with Gasteiger partial charge in [0.2, 0.25) is 11.7 Å². The second-order valence-corrected chi connectivity index (χ2v) is 13.5. The second kappa shape index (κ2) is 11.2. The molecule has 5 rings (SSSR count). The molecule has 3 saturated carbocycles. The Kier molecular flexibility index (Phi) is 8.01. The van der Waals surface area contributed by atoms with Crippen molar-refractivity contribution in [2.45, 2.75) is 115 Å². The first kappa shape index (κ1) is 29.3. The minimum Gasteiger partial charge on any atom is -0.347 e. The predicted octanol–water partition coefficient (Wildman–Crippen LogP) is 3.28. The standard InChI is InChI=1S/C32H44N4O5/c1-5-23(26(38)29(40)33-19-15-16-19)35-28(39)24-20(17-32(24)21-13-9-10-14-22(21)32)25(37)27(31(2,3)4)36-30(41)34-18-11-7-6-8-12-18/h9-10,13-14,18-20,23-24,27H,5-8,11-12,15-17H2,1-4H3,(H,33,40)(H,35,39)(H2,34,36,41)/t20?,23?,24?,27-/m1/s1. The average Bonchev–Trinajstić information content (AvgIpc) is 3.84. The van der Waals surface area contributed by atoms with Gasteiger partial charge >= 0.3 is 6.03 Å². The Balaban J connectivity index is 1.33. The molecule has 1 aromatic rings. The Hall–Kier alpha value is -3.23. The van der Waals surface area contributed by atoms with E-state index in [0.717, 1.165) is 49.7 Å². The summed E-state index contributed by atoms with van der Waals surface area (Å²) in [5.41, 5.74) is 0.971. The molecule has 0 heterocycles. The fraction of sp³-hybridized carbons (Fsp3) is 0.656. The quantitative estimate of drug-likeness (QED) is 0.324. The first-order valence-corrected chi connectivity index (χ1v) is 15.3. The molecule has 4 amide bonds. The molecular weight excluding hydrogens is 520 g/mol. The van der Waals surface area contributed by atoms with Crippen molar-refractivity contribution < 1.29 is 24.0 Å². The number of nitrogens with one attached hydrogen (secondary N) is 4. The maximum absolute atomic E-state index is 14.2. The number of Topliss-reactive ketones (excluding diaryl/α,β-unsaturated/α-hetero) is 2. The SMILES string of the molecule is CCC(NC(=O)C1C(C(=O)[C@@H](NC(=O)NC2CCCCC2)C(C)(C)C)CC12c1ccccc12)C(=O)C(=O)NC1CC1. The topological polar surface area (TPSA) is 133 Å². The van der Waals surface area contributed by atoms with E-state index in [1.807, 2.05) is 45.0 Å². The van der Waals surface area contributed by atoms with Crippen LogP contribution >= 0.6 is 0 Å². The molecule has 41 heavy (non-hydrogen) atoms. The third kappa shape index (κ3) is 5.77. The normalized spacial score (nSPS) is 24.2. The molecular formula is C32H44N4O5. The first-order valence-electron chi connectivity index (χ1n) is 15.3. The molecule has 1 spiro atoms. The third-order valence-electron chi connectivity index (χ3n) is 9.49. The van der Waals surface area contributed by atoms with Crippen molar-refractivity contribution in [1.29, 1.82) is 0 Å². The third-order valence-corrected chi connectivity index (χ3v) is 9.49. The zero-order valence-corrected chi connectivity index (χ0v) is 24.7. The molecule has 9 heteroatoms. The second-order valence-electron chi connectivity index (χ2n) is 13.5. The molecule has 4 aliphatic carbocycles. The van der Waals surface area contributed by atoms with Crippen LogP contribution in [0.5, 0.6) is 0 Å². The van der Waals surface area contributed by atoms with Crippen LogP contribution in [-0.4, -0.2) is 53.6 Å². The van der Waals surface area contributed by atoms with Gasteiger partial charge in [0.15, 0.2) is 5.78 Å². The van der Waals surface area contributed by atoms with Gasteiger partial charge in [0.05, 0.1) is 18.0 Å². The summed E-state index contributed by atoms with van der Waals surface area (Å²) < 4.78 is 0. The van der Waals surface area contributed by atoms with Crippen molar-refractivity contribution >= 4 is 29.4 Å². The lowest BCUT2D eigenvalue weighted by Crippen LogP contribution is -2.62. The number of ketones is 2. The van der Waals surface area contributed by atoms with E-state index in [1.165, 1.54) is 6.42 Å². The van der Waals surface area contributed by atoms with Gasteiger partial charge < -0.3 is 21.3 Å². The van der Waals surface area contributed by atoms with Crippen LogP contribution in [-0.2, 0) is 24.6 Å².